The average Bonchev–Trinajstić information content (AvgIpc) is 2.97. The van der Waals surface area contributed by atoms with Crippen molar-refractivity contribution in [2.45, 2.75) is 6.67 Å². The van der Waals surface area contributed by atoms with Gasteiger partial charge in [-0.3, -0.25) is 18.5 Å². The van der Waals surface area contributed by atoms with Crippen molar-refractivity contribution in [3.8, 4) is 0 Å². The van der Waals surface area contributed by atoms with Crippen LogP contribution < -0.4 is 21.0 Å². The smallest absolute Gasteiger partial charge is 0.332 e. The lowest BCUT2D eigenvalue weighted by Gasteiger charge is -2.29. The molecule has 0 aliphatic carbocycles. The van der Waals surface area contributed by atoms with Gasteiger partial charge in [0.2, 0.25) is 0 Å². The molecule has 0 aromatic carbocycles. The number of imidazole rings is 1. The largest absolute Gasteiger partial charge is 0.391 e. The Bertz CT molecular complexity index is 812. The molecule has 0 unspecified atom stereocenters. The molecular weight excluding hydrogens is 300 g/mol. The maximum atomic E-state index is 12.4. The number of aryl methyl sites for hydroxylation is 1. The molecule has 9 nitrogen and oxygen atoms in total. The topological polar surface area (TPSA) is 90.9 Å². The summed E-state index contributed by atoms with van der Waals surface area (Å²) in [7, 11) is 3.12. The molecule has 3 heterocycles. The van der Waals surface area contributed by atoms with Crippen LogP contribution in [-0.4, -0.2) is 63.1 Å². The molecule has 126 valence electrons. The van der Waals surface area contributed by atoms with Gasteiger partial charge in [-0.1, -0.05) is 0 Å². The molecule has 1 aliphatic rings. The van der Waals surface area contributed by atoms with Gasteiger partial charge in [0.05, 0.1) is 6.61 Å². The maximum absolute atomic E-state index is 12.4. The van der Waals surface area contributed by atoms with Crippen LogP contribution in [0.15, 0.2) is 15.9 Å². The van der Waals surface area contributed by atoms with Crippen molar-refractivity contribution >= 4 is 11.2 Å². The van der Waals surface area contributed by atoms with E-state index in [1.807, 2.05) is 4.57 Å². The predicted octanol–water partition coefficient (Wildman–Crippen LogP) is -4.83. The van der Waals surface area contributed by atoms with E-state index >= 15 is 0 Å². The number of piperazine rings is 1. The molecule has 1 fully saturated rings. The highest BCUT2D eigenvalue weighted by molar-refractivity contribution is 5.69. The molecule has 23 heavy (non-hydrogen) atoms. The van der Waals surface area contributed by atoms with E-state index in [2.05, 4.69) is 4.98 Å². The first-order chi connectivity index (χ1) is 11.0. The second-order valence-electron chi connectivity index (χ2n) is 6.22. The number of aliphatic hydroxyl groups is 1. The summed E-state index contributed by atoms with van der Waals surface area (Å²) in [6, 6.07) is 0. The number of hydrogen-bond acceptors (Lipinski definition) is 4. The third-order valence-corrected chi connectivity index (χ3v) is 4.74. The Morgan fingerprint density at radius 1 is 1.13 bits per heavy atom. The number of nitrogens with zero attached hydrogens (tertiary/aromatic N) is 4. The third kappa shape index (κ3) is 2.82. The number of aliphatic hydroxyl groups excluding tert-OH is 1. The second-order valence-corrected chi connectivity index (χ2v) is 6.22. The summed E-state index contributed by atoms with van der Waals surface area (Å²) in [6.45, 7) is 5.68. The lowest BCUT2D eigenvalue weighted by atomic mass is 10.3. The van der Waals surface area contributed by atoms with Gasteiger partial charge in [0, 0.05) is 14.1 Å². The lowest BCUT2D eigenvalue weighted by molar-refractivity contribution is -1.02. The minimum atomic E-state index is -0.360. The fraction of sp³-hybridized carbons (Fsp3) is 0.643. The number of fused-ring (bicyclic) bond motifs is 1. The van der Waals surface area contributed by atoms with Crippen molar-refractivity contribution in [1.29, 1.82) is 0 Å². The monoisotopic (exact) mass is 324 g/mol. The van der Waals surface area contributed by atoms with Crippen LogP contribution in [0.1, 0.15) is 0 Å². The molecule has 2 aromatic heterocycles. The molecule has 2 aromatic rings. The summed E-state index contributed by atoms with van der Waals surface area (Å²) in [5.74, 6) is 0. The van der Waals surface area contributed by atoms with Crippen LogP contribution in [0.5, 0.6) is 0 Å². The van der Waals surface area contributed by atoms with Crippen molar-refractivity contribution in [3.05, 3.63) is 27.2 Å². The van der Waals surface area contributed by atoms with Gasteiger partial charge >= 0.3 is 5.69 Å². The molecule has 0 bridgehead atoms. The van der Waals surface area contributed by atoms with E-state index in [1.165, 1.54) is 21.4 Å². The SMILES string of the molecule is Cn1c(=O)c2c(ncn2C[NH+]2CC[NH+](CCO)CC2)n(C)c1=O. The molecule has 3 rings (SSSR count). The minimum Gasteiger partial charge on any atom is -0.391 e. The summed E-state index contributed by atoms with van der Waals surface area (Å²) in [6.07, 6.45) is 1.64. The Labute approximate surface area is 133 Å². The van der Waals surface area contributed by atoms with Gasteiger partial charge in [0.25, 0.3) is 5.56 Å². The third-order valence-electron chi connectivity index (χ3n) is 4.74. The van der Waals surface area contributed by atoms with E-state index in [-0.39, 0.29) is 17.9 Å². The molecule has 0 spiro atoms. The van der Waals surface area contributed by atoms with Crippen LogP contribution in [0, 0.1) is 0 Å². The van der Waals surface area contributed by atoms with Gasteiger partial charge in [0.1, 0.15) is 39.1 Å². The molecule has 9 heteroatoms. The highest BCUT2D eigenvalue weighted by atomic mass is 16.3. The standard InChI is InChI=1S/C14H22N6O3/c1-16-12-11(13(22)17(2)14(16)23)20(9-15-12)10-19-5-3-18(4-6-19)7-8-21/h9,21H,3-8,10H2,1-2H3/p+2. The van der Waals surface area contributed by atoms with Crippen molar-refractivity contribution in [2.24, 2.45) is 14.1 Å². The summed E-state index contributed by atoms with van der Waals surface area (Å²) < 4.78 is 4.38. The van der Waals surface area contributed by atoms with Gasteiger partial charge < -0.3 is 14.9 Å². The molecule has 0 atom stereocenters. The zero-order valence-corrected chi connectivity index (χ0v) is 13.6. The normalized spacial score (nSPS) is 21.9. The highest BCUT2D eigenvalue weighted by Crippen LogP contribution is 2.03. The van der Waals surface area contributed by atoms with Gasteiger partial charge in [0.15, 0.2) is 17.8 Å². The molecule has 0 amide bonds. The molecule has 0 radical (unpaired) electrons. The van der Waals surface area contributed by atoms with E-state index in [0.717, 1.165) is 37.3 Å². The second kappa shape index (κ2) is 6.26. The zero-order valence-electron chi connectivity index (χ0n) is 13.6. The van der Waals surface area contributed by atoms with Crippen molar-refractivity contribution in [2.75, 3.05) is 39.3 Å². The van der Waals surface area contributed by atoms with E-state index in [0.29, 0.717) is 17.8 Å². The molecular formula is C14H24N6O3+2. The number of nitrogens with one attached hydrogen (secondary N) is 2. The molecule has 3 N–H and O–H groups in total. The number of aromatic nitrogens is 4. The number of quaternary nitrogens is 2. The van der Waals surface area contributed by atoms with Crippen LogP contribution in [0.4, 0.5) is 0 Å². The van der Waals surface area contributed by atoms with E-state index in [4.69, 9.17) is 5.11 Å². The van der Waals surface area contributed by atoms with E-state index in [1.54, 1.807) is 13.4 Å². The summed E-state index contributed by atoms with van der Waals surface area (Å²) in [4.78, 5) is 31.4. The van der Waals surface area contributed by atoms with Gasteiger partial charge in [-0.05, 0) is 0 Å². The first-order valence-electron chi connectivity index (χ1n) is 7.91. The summed E-state index contributed by atoms with van der Waals surface area (Å²) >= 11 is 0. The van der Waals surface area contributed by atoms with E-state index < -0.39 is 0 Å². The molecule has 0 saturated carbocycles. The number of hydrogen-bond donors (Lipinski definition) is 3. The summed E-state index contributed by atoms with van der Waals surface area (Å²) in [5.41, 5.74) is 0.250. The quantitative estimate of drug-likeness (QED) is 0.526. The van der Waals surface area contributed by atoms with Crippen LogP contribution in [0.3, 0.4) is 0 Å². The van der Waals surface area contributed by atoms with Crippen molar-refractivity contribution in [3.63, 3.8) is 0 Å². The van der Waals surface area contributed by atoms with Gasteiger partial charge in [-0.15, -0.1) is 0 Å². The van der Waals surface area contributed by atoms with Crippen LogP contribution in [0.2, 0.25) is 0 Å². The van der Waals surface area contributed by atoms with Gasteiger partial charge in [-0.25, -0.2) is 9.78 Å². The predicted molar refractivity (Wildman–Crippen MR) is 83.6 cm³/mol. The Kier molecular flexibility index (Phi) is 4.33. The zero-order chi connectivity index (χ0) is 16.6. The fourth-order valence-corrected chi connectivity index (χ4v) is 3.28. The molecule has 1 aliphatic heterocycles. The van der Waals surface area contributed by atoms with Crippen LogP contribution in [-0.2, 0) is 20.8 Å². The number of rotatable bonds is 4. The molecule has 1 saturated heterocycles. The first kappa shape index (κ1) is 15.9. The first-order valence-corrected chi connectivity index (χ1v) is 7.91. The Hall–Kier alpha value is -1.97. The average molecular weight is 324 g/mol. The van der Waals surface area contributed by atoms with Crippen molar-refractivity contribution in [1.82, 2.24) is 18.7 Å². The Morgan fingerprint density at radius 2 is 1.78 bits per heavy atom. The lowest BCUT2D eigenvalue weighted by Crippen LogP contribution is -3.28. The highest BCUT2D eigenvalue weighted by Gasteiger charge is 2.24. The van der Waals surface area contributed by atoms with Gasteiger partial charge in [-0.2, -0.15) is 0 Å². The Balaban J connectivity index is 1.85. The minimum absolute atomic E-state index is 0.223. The van der Waals surface area contributed by atoms with Crippen LogP contribution >= 0.6 is 0 Å². The maximum Gasteiger partial charge on any atom is 0.332 e. The van der Waals surface area contributed by atoms with Crippen LogP contribution in [0.25, 0.3) is 11.2 Å². The summed E-state index contributed by atoms with van der Waals surface area (Å²) in [5, 5.41) is 9.01. The Morgan fingerprint density at radius 3 is 2.43 bits per heavy atom. The van der Waals surface area contributed by atoms with Crippen molar-refractivity contribution < 1.29 is 14.9 Å². The van der Waals surface area contributed by atoms with E-state index in [9.17, 15) is 9.59 Å². The fourth-order valence-electron chi connectivity index (χ4n) is 3.28.